The van der Waals surface area contributed by atoms with Crippen LogP contribution in [0.25, 0.3) is 0 Å². The minimum atomic E-state index is 0.465. The first-order chi connectivity index (χ1) is 7.30. The van der Waals surface area contributed by atoms with E-state index >= 15 is 0 Å². The molecule has 0 N–H and O–H groups in total. The predicted octanol–water partition coefficient (Wildman–Crippen LogP) is 3.72. The molecule has 0 aromatic carbocycles. The van der Waals surface area contributed by atoms with Gasteiger partial charge in [0.25, 0.3) is 0 Å². The number of carbonyl (C=O) groups is 1. The number of hydrogen-bond acceptors (Lipinski definition) is 1. The number of ketones is 1. The van der Waals surface area contributed by atoms with Crippen molar-refractivity contribution in [2.24, 2.45) is 17.3 Å². The Balaban J connectivity index is 1.81. The number of carbonyl (C=O) groups excluding carboxylic acids is 1. The van der Waals surface area contributed by atoms with Gasteiger partial charge in [-0.15, -0.1) is 0 Å². The molecule has 2 bridgehead atoms. The Kier molecular flexibility index (Phi) is 2.37. The van der Waals surface area contributed by atoms with Crippen molar-refractivity contribution in [2.75, 3.05) is 0 Å². The molecule has 1 atom stereocenters. The van der Waals surface area contributed by atoms with E-state index in [1.54, 1.807) is 0 Å². The van der Waals surface area contributed by atoms with Gasteiger partial charge in [0.2, 0.25) is 0 Å². The number of fused-ring (bicyclic) bond motifs is 2. The van der Waals surface area contributed by atoms with E-state index in [-0.39, 0.29) is 0 Å². The van der Waals surface area contributed by atoms with Gasteiger partial charge in [0.15, 0.2) is 0 Å². The zero-order chi connectivity index (χ0) is 10.3. The molecular formula is C14H22O. The van der Waals surface area contributed by atoms with E-state index in [0.717, 1.165) is 18.8 Å². The van der Waals surface area contributed by atoms with Gasteiger partial charge < -0.3 is 0 Å². The van der Waals surface area contributed by atoms with Crippen molar-refractivity contribution in [1.82, 2.24) is 0 Å². The van der Waals surface area contributed by atoms with Crippen molar-refractivity contribution in [1.29, 1.82) is 0 Å². The van der Waals surface area contributed by atoms with Crippen molar-refractivity contribution in [3.05, 3.63) is 0 Å². The second-order valence-corrected chi connectivity index (χ2v) is 6.13. The molecule has 0 radical (unpaired) electrons. The molecular weight excluding hydrogens is 184 g/mol. The van der Waals surface area contributed by atoms with E-state index in [9.17, 15) is 4.79 Å². The smallest absolute Gasteiger partial charge is 0.136 e. The fraction of sp³-hybridized carbons (Fsp3) is 0.929. The van der Waals surface area contributed by atoms with Crippen LogP contribution in [0.15, 0.2) is 0 Å². The Morgan fingerprint density at radius 3 is 2.47 bits per heavy atom. The van der Waals surface area contributed by atoms with E-state index < -0.39 is 0 Å². The van der Waals surface area contributed by atoms with E-state index in [1.807, 2.05) is 0 Å². The van der Waals surface area contributed by atoms with Crippen molar-refractivity contribution in [2.45, 2.75) is 64.2 Å². The SMILES string of the molecule is O=C1CCCCCC1C12CCC(CC1)C2. The Labute approximate surface area is 92.6 Å². The van der Waals surface area contributed by atoms with E-state index in [4.69, 9.17) is 0 Å². The summed E-state index contributed by atoms with van der Waals surface area (Å²) in [5, 5.41) is 0. The maximum absolute atomic E-state index is 12.2. The van der Waals surface area contributed by atoms with Gasteiger partial charge in [0.1, 0.15) is 5.78 Å². The zero-order valence-electron chi connectivity index (χ0n) is 9.63. The van der Waals surface area contributed by atoms with Crippen molar-refractivity contribution in [3.63, 3.8) is 0 Å². The average molecular weight is 206 g/mol. The molecule has 1 heteroatoms. The first kappa shape index (κ1) is 9.86. The van der Waals surface area contributed by atoms with Crippen molar-refractivity contribution in [3.8, 4) is 0 Å². The minimum absolute atomic E-state index is 0.465. The van der Waals surface area contributed by atoms with E-state index in [0.29, 0.717) is 17.1 Å². The third-order valence-corrected chi connectivity index (χ3v) is 5.34. The molecule has 84 valence electrons. The summed E-state index contributed by atoms with van der Waals surface area (Å²) in [5.74, 6) is 2.07. The first-order valence-corrected chi connectivity index (χ1v) is 6.83. The van der Waals surface area contributed by atoms with Crippen LogP contribution in [0.5, 0.6) is 0 Å². The monoisotopic (exact) mass is 206 g/mol. The van der Waals surface area contributed by atoms with Crippen LogP contribution in [0.2, 0.25) is 0 Å². The fourth-order valence-corrected chi connectivity index (χ4v) is 4.53. The van der Waals surface area contributed by atoms with E-state index in [2.05, 4.69) is 0 Å². The standard InChI is InChI=1S/C14H22O/c15-13-5-3-1-2-4-12(13)14-8-6-11(10-14)7-9-14/h11-12H,1-10H2. The molecule has 0 spiro atoms. The molecule has 0 amide bonds. The third kappa shape index (κ3) is 1.55. The maximum Gasteiger partial charge on any atom is 0.136 e. The van der Waals surface area contributed by atoms with Gasteiger partial charge in [0, 0.05) is 12.3 Å². The molecule has 3 rings (SSSR count). The normalized spacial score (nSPS) is 45.7. The van der Waals surface area contributed by atoms with Gasteiger partial charge in [-0.25, -0.2) is 0 Å². The highest BCUT2D eigenvalue weighted by Gasteiger charge is 2.51. The molecule has 0 aliphatic heterocycles. The molecule has 3 fully saturated rings. The van der Waals surface area contributed by atoms with Gasteiger partial charge in [-0.3, -0.25) is 4.79 Å². The van der Waals surface area contributed by atoms with Crippen LogP contribution in [0.1, 0.15) is 64.2 Å². The zero-order valence-corrected chi connectivity index (χ0v) is 9.63. The van der Waals surface area contributed by atoms with Crippen LogP contribution in [0.3, 0.4) is 0 Å². The summed E-state index contributed by atoms with van der Waals surface area (Å²) in [5.41, 5.74) is 0.492. The average Bonchev–Trinajstić information content (AvgIpc) is 2.77. The van der Waals surface area contributed by atoms with Crippen LogP contribution >= 0.6 is 0 Å². The molecule has 0 aromatic rings. The van der Waals surface area contributed by atoms with Crippen LogP contribution in [-0.2, 0) is 4.79 Å². The largest absolute Gasteiger partial charge is 0.299 e. The second-order valence-electron chi connectivity index (χ2n) is 6.13. The first-order valence-electron chi connectivity index (χ1n) is 6.83. The summed E-state index contributed by atoms with van der Waals surface area (Å²) in [6.45, 7) is 0. The molecule has 0 aromatic heterocycles. The third-order valence-electron chi connectivity index (χ3n) is 5.34. The Morgan fingerprint density at radius 2 is 1.80 bits per heavy atom. The van der Waals surface area contributed by atoms with Gasteiger partial charge in [-0.2, -0.15) is 0 Å². The summed E-state index contributed by atoms with van der Waals surface area (Å²) >= 11 is 0. The van der Waals surface area contributed by atoms with Gasteiger partial charge >= 0.3 is 0 Å². The van der Waals surface area contributed by atoms with Crippen LogP contribution in [-0.4, -0.2) is 5.78 Å². The topological polar surface area (TPSA) is 17.1 Å². The summed E-state index contributed by atoms with van der Waals surface area (Å²) in [6, 6.07) is 0. The second kappa shape index (κ2) is 3.61. The predicted molar refractivity (Wildman–Crippen MR) is 60.6 cm³/mol. The molecule has 1 nitrogen and oxygen atoms in total. The lowest BCUT2D eigenvalue weighted by Gasteiger charge is -2.34. The Hall–Kier alpha value is -0.330. The van der Waals surface area contributed by atoms with Crippen LogP contribution in [0, 0.1) is 17.3 Å². The number of rotatable bonds is 1. The molecule has 3 saturated carbocycles. The molecule has 3 aliphatic rings. The lowest BCUT2D eigenvalue weighted by Crippen LogP contribution is -2.31. The van der Waals surface area contributed by atoms with Crippen LogP contribution < -0.4 is 0 Å². The Bertz CT molecular complexity index is 261. The summed E-state index contributed by atoms with van der Waals surface area (Å²) < 4.78 is 0. The Morgan fingerprint density at radius 1 is 1.00 bits per heavy atom. The summed E-state index contributed by atoms with van der Waals surface area (Å²) in [6.07, 6.45) is 12.8. The van der Waals surface area contributed by atoms with Crippen molar-refractivity contribution < 1.29 is 4.79 Å². The lowest BCUT2D eigenvalue weighted by atomic mass is 9.69. The molecule has 3 aliphatic carbocycles. The number of Topliss-reactive ketones (excluding diaryl/α,β-unsaturated/α-hetero) is 1. The van der Waals surface area contributed by atoms with Crippen molar-refractivity contribution >= 4 is 5.78 Å². The van der Waals surface area contributed by atoms with Gasteiger partial charge in [-0.1, -0.05) is 12.8 Å². The highest BCUT2D eigenvalue weighted by atomic mass is 16.1. The van der Waals surface area contributed by atoms with Gasteiger partial charge in [0.05, 0.1) is 0 Å². The van der Waals surface area contributed by atoms with Gasteiger partial charge in [-0.05, 0) is 56.3 Å². The highest BCUT2D eigenvalue weighted by molar-refractivity contribution is 5.82. The maximum atomic E-state index is 12.2. The summed E-state index contributed by atoms with van der Waals surface area (Å²) in [4.78, 5) is 12.2. The molecule has 0 heterocycles. The molecule has 1 unspecified atom stereocenters. The fourth-order valence-electron chi connectivity index (χ4n) is 4.53. The highest BCUT2D eigenvalue weighted by Crippen LogP contribution is 2.59. The molecule has 0 saturated heterocycles. The minimum Gasteiger partial charge on any atom is -0.299 e. The number of hydrogen-bond donors (Lipinski definition) is 0. The summed E-state index contributed by atoms with van der Waals surface area (Å²) in [7, 11) is 0. The van der Waals surface area contributed by atoms with Crippen LogP contribution in [0.4, 0.5) is 0 Å². The van der Waals surface area contributed by atoms with E-state index in [1.165, 1.54) is 51.4 Å². The quantitative estimate of drug-likeness (QED) is 0.598. The lowest BCUT2D eigenvalue weighted by molar-refractivity contribution is -0.127. The molecule has 15 heavy (non-hydrogen) atoms.